The highest BCUT2D eigenvalue weighted by atomic mass is 16.6. The van der Waals surface area contributed by atoms with Gasteiger partial charge in [-0.2, -0.15) is 5.10 Å². The molecule has 0 spiro atoms. The van der Waals surface area contributed by atoms with Gasteiger partial charge in [-0.05, 0) is 18.2 Å². The number of benzene rings is 1. The van der Waals surface area contributed by atoms with Gasteiger partial charge in [-0.15, -0.1) is 5.10 Å². The first-order chi connectivity index (χ1) is 11.3. The van der Waals surface area contributed by atoms with Gasteiger partial charge in [-0.1, -0.05) is 17.2 Å². The molecule has 0 fully saturated rings. The molecule has 8 nitrogen and oxygen atoms in total. The van der Waals surface area contributed by atoms with Crippen molar-refractivity contribution < 1.29 is 13.9 Å². The second-order valence-electron chi connectivity index (χ2n) is 5.11. The lowest BCUT2D eigenvalue weighted by Crippen LogP contribution is -2.21. The molecule has 1 atom stereocenters. The second-order valence-corrected chi connectivity index (χ2v) is 5.11. The number of aryl methyl sites for hydroxylation is 1. The van der Waals surface area contributed by atoms with Crippen LogP contribution in [0.2, 0.25) is 0 Å². The van der Waals surface area contributed by atoms with Gasteiger partial charge in [0.15, 0.2) is 11.5 Å². The van der Waals surface area contributed by atoms with Crippen LogP contribution in [0.3, 0.4) is 0 Å². The molecule has 1 aliphatic rings. The molecule has 23 heavy (non-hydrogen) atoms. The molecule has 2 aromatic heterocycles. The first kappa shape index (κ1) is 13.6. The molecule has 0 bridgehead atoms. The van der Waals surface area contributed by atoms with E-state index in [1.807, 2.05) is 37.4 Å². The minimum absolute atomic E-state index is 0.334. The lowest BCUT2D eigenvalue weighted by atomic mass is 10.2. The summed E-state index contributed by atoms with van der Waals surface area (Å²) in [6.07, 6.45) is 1.32. The van der Waals surface area contributed by atoms with E-state index < -0.39 is 6.10 Å². The number of hydrogen-bond donors (Lipinski definition) is 1. The fraction of sp³-hybridized carbons (Fsp3) is 0.267. The Kier molecular flexibility index (Phi) is 3.34. The largest absolute Gasteiger partial charge is 0.485 e. The van der Waals surface area contributed by atoms with Crippen LogP contribution in [0, 0.1) is 0 Å². The second kappa shape index (κ2) is 5.64. The molecule has 1 N–H and O–H groups in total. The Labute approximate surface area is 132 Å². The van der Waals surface area contributed by atoms with Gasteiger partial charge in [0.1, 0.15) is 6.61 Å². The zero-order valence-corrected chi connectivity index (χ0v) is 12.5. The molecule has 0 aliphatic carbocycles. The van der Waals surface area contributed by atoms with E-state index in [0.717, 1.165) is 11.4 Å². The molecule has 0 saturated heterocycles. The summed E-state index contributed by atoms with van der Waals surface area (Å²) in [6, 6.07) is 9.75. The average Bonchev–Trinajstić information content (AvgIpc) is 3.21. The van der Waals surface area contributed by atoms with Gasteiger partial charge in [-0.3, -0.25) is 4.68 Å². The normalized spacial score (nSPS) is 16.3. The van der Waals surface area contributed by atoms with Crippen LogP contribution in [0.15, 0.2) is 40.9 Å². The predicted octanol–water partition coefficient (Wildman–Crippen LogP) is 1.93. The van der Waals surface area contributed by atoms with Crippen molar-refractivity contribution in [2.24, 2.45) is 7.05 Å². The van der Waals surface area contributed by atoms with E-state index >= 15 is 0 Å². The number of aromatic nitrogens is 4. The molecule has 1 aliphatic heterocycles. The number of fused-ring (bicyclic) bond motifs is 1. The van der Waals surface area contributed by atoms with Crippen molar-refractivity contribution >= 4 is 6.01 Å². The van der Waals surface area contributed by atoms with Crippen LogP contribution in [-0.4, -0.2) is 26.6 Å². The van der Waals surface area contributed by atoms with E-state index in [1.54, 1.807) is 10.9 Å². The maximum atomic E-state index is 5.84. The van der Waals surface area contributed by atoms with Crippen LogP contribution in [0.4, 0.5) is 6.01 Å². The minimum atomic E-state index is -0.412. The van der Waals surface area contributed by atoms with Crippen LogP contribution in [0.1, 0.15) is 17.7 Å². The standard InChI is InChI=1S/C15H15N5O3/c1-20-10(6-7-17-20)8-16-15-19-18-14(23-15)13-9-21-11-4-2-3-5-12(11)22-13/h2-7,13H,8-9H2,1H3,(H,16,19)/t13-/m1/s1. The maximum Gasteiger partial charge on any atom is 0.315 e. The molecule has 118 valence electrons. The Morgan fingerprint density at radius 2 is 2.09 bits per heavy atom. The van der Waals surface area contributed by atoms with E-state index in [2.05, 4.69) is 20.6 Å². The van der Waals surface area contributed by atoms with Crippen molar-refractivity contribution in [3.8, 4) is 11.5 Å². The minimum Gasteiger partial charge on any atom is -0.485 e. The Balaban J connectivity index is 1.43. The van der Waals surface area contributed by atoms with Gasteiger partial charge in [0, 0.05) is 13.2 Å². The predicted molar refractivity (Wildman–Crippen MR) is 80.1 cm³/mol. The first-order valence-electron chi connectivity index (χ1n) is 7.22. The summed E-state index contributed by atoms with van der Waals surface area (Å²) in [5, 5.41) is 15.2. The highest BCUT2D eigenvalue weighted by Crippen LogP contribution is 2.35. The van der Waals surface area contributed by atoms with Gasteiger partial charge in [0.05, 0.1) is 12.2 Å². The first-order valence-corrected chi connectivity index (χ1v) is 7.22. The highest BCUT2D eigenvalue weighted by molar-refractivity contribution is 5.41. The van der Waals surface area contributed by atoms with Crippen LogP contribution in [0.5, 0.6) is 11.5 Å². The molecular weight excluding hydrogens is 298 g/mol. The van der Waals surface area contributed by atoms with Gasteiger partial charge < -0.3 is 19.2 Å². The van der Waals surface area contributed by atoms with Gasteiger partial charge in [0.25, 0.3) is 5.89 Å². The average molecular weight is 313 g/mol. The van der Waals surface area contributed by atoms with E-state index in [4.69, 9.17) is 13.9 Å². The number of hydrogen-bond acceptors (Lipinski definition) is 7. The lowest BCUT2D eigenvalue weighted by molar-refractivity contribution is 0.0717. The summed E-state index contributed by atoms with van der Waals surface area (Å²) < 4.78 is 18.9. The van der Waals surface area contributed by atoms with E-state index in [0.29, 0.717) is 30.8 Å². The van der Waals surface area contributed by atoms with Crippen molar-refractivity contribution in [2.45, 2.75) is 12.6 Å². The fourth-order valence-corrected chi connectivity index (χ4v) is 2.32. The van der Waals surface area contributed by atoms with Crippen LogP contribution < -0.4 is 14.8 Å². The van der Waals surface area contributed by atoms with E-state index in [1.165, 1.54) is 0 Å². The fourth-order valence-electron chi connectivity index (χ4n) is 2.32. The zero-order valence-electron chi connectivity index (χ0n) is 12.5. The Morgan fingerprint density at radius 1 is 1.22 bits per heavy atom. The third kappa shape index (κ3) is 2.70. The summed E-state index contributed by atoms with van der Waals surface area (Å²) >= 11 is 0. The van der Waals surface area contributed by atoms with Crippen LogP contribution in [-0.2, 0) is 13.6 Å². The molecule has 3 aromatic rings. The monoisotopic (exact) mass is 313 g/mol. The smallest absolute Gasteiger partial charge is 0.315 e. The molecule has 1 aromatic carbocycles. The van der Waals surface area contributed by atoms with Crippen molar-refractivity contribution in [2.75, 3.05) is 11.9 Å². The third-order valence-corrected chi connectivity index (χ3v) is 3.57. The molecule has 3 heterocycles. The molecule has 8 heteroatoms. The number of rotatable bonds is 4. The number of nitrogens with zero attached hydrogens (tertiary/aromatic N) is 4. The van der Waals surface area contributed by atoms with Crippen molar-refractivity contribution in [1.82, 2.24) is 20.0 Å². The van der Waals surface area contributed by atoms with Gasteiger partial charge >= 0.3 is 6.01 Å². The Hall–Kier alpha value is -3.03. The van der Waals surface area contributed by atoms with E-state index in [-0.39, 0.29) is 0 Å². The van der Waals surface area contributed by atoms with Crippen molar-refractivity contribution in [1.29, 1.82) is 0 Å². The summed E-state index contributed by atoms with van der Waals surface area (Å²) in [5.41, 5.74) is 1.01. The zero-order chi connectivity index (χ0) is 15.6. The highest BCUT2D eigenvalue weighted by Gasteiger charge is 2.27. The molecule has 0 radical (unpaired) electrons. The summed E-state index contributed by atoms with van der Waals surface area (Å²) in [4.78, 5) is 0. The molecule has 0 amide bonds. The van der Waals surface area contributed by atoms with Gasteiger partial charge in [0.2, 0.25) is 6.10 Å². The summed E-state index contributed by atoms with van der Waals surface area (Å²) in [7, 11) is 1.88. The Morgan fingerprint density at radius 3 is 2.91 bits per heavy atom. The van der Waals surface area contributed by atoms with Gasteiger partial charge in [-0.25, -0.2) is 0 Å². The molecule has 0 unspecified atom stereocenters. The lowest BCUT2D eigenvalue weighted by Gasteiger charge is -2.23. The molecule has 0 saturated carbocycles. The number of nitrogens with one attached hydrogen (secondary N) is 1. The third-order valence-electron chi connectivity index (χ3n) is 3.57. The summed E-state index contributed by atoms with van der Waals surface area (Å²) in [5.74, 6) is 1.77. The topological polar surface area (TPSA) is 87.2 Å². The van der Waals surface area contributed by atoms with Crippen LogP contribution >= 0.6 is 0 Å². The quantitative estimate of drug-likeness (QED) is 0.787. The van der Waals surface area contributed by atoms with Crippen molar-refractivity contribution in [3.63, 3.8) is 0 Å². The summed E-state index contributed by atoms with van der Waals surface area (Å²) in [6.45, 7) is 0.878. The maximum absolute atomic E-state index is 5.84. The Bertz CT molecular complexity index is 813. The SMILES string of the molecule is Cn1nccc1CNc1nnc([C@H]2COc3ccccc3O2)o1. The number of para-hydroxylation sites is 2. The van der Waals surface area contributed by atoms with E-state index in [9.17, 15) is 0 Å². The number of anilines is 1. The molecular formula is C15H15N5O3. The number of ether oxygens (including phenoxy) is 2. The molecule has 4 rings (SSSR count). The van der Waals surface area contributed by atoms with Crippen LogP contribution in [0.25, 0.3) is 0 Å². The van der Waals surface area contributed by atoms with Crippen molar-refractivity contribution in [3.05, 3.63) is 48.1 Å².